The van der Waals surface area contributed by atoms with Crippen LogP contribution in [0, 0.1) is 6.92 Å². The molecular weight excluding hydrogens is 248 g/mol. The summed E-state index contributed by atoms with van der Waals surface area (Å²) in [6.45, 7) is 1.96. The number of nitrogens with zero attached hydrogens (tertiary/aromatic N) is 3. The molecule has 0 bridgehead atoms. The van der Waals surface area contributed by atoms with Crippen LogP contribution in [0.1, 0.15) is 17.2 Å². The van der Waals surface area contributed by atoms with E-state index in [1.54, 1.807) is 0 Å². The number of anilines is 1. The topological polar surface area (TPSA) is 56.7 Å². The summed E-state index contributed by atoms with van der Waals surface area (Å²) in [6.07, 6.45) is 0.732. The first-order valence-corrected chi connectivity index (χ1v) is 6.55. The van der Waals surface area contributed by atoms with Crippen molar-refractivity contribution in [2.75, 3.05) is 5.73 Å². The molecule has 0 fully saturated rings. The SMILES string of the molecule is Cc1nnc(Cc2ccc(N)cc2)n1-c1ccccc1. The summed E-state index contributed by atoms with van der Waals surface area (Å²) in [4.78, 5) is 0. The number of rotatable bonds is 3. The molecule has 3 aromatic rings. The van der Waals surface area contributed by atoms with Gasteiger partial charge in [-0.3, -0.25) is 4.57 Å². The first-order chi connectivity index (χ1) is 9.74. The van der Waals surface area contributed by atoms with E-state index < -0.39 is 0 Å². The number of hydrogen-bond donors (Lipinski definition) is 1. The third-order valence-corrected chi connectivity index (χ3v) is 3.25. The first-order valence-electron chi connectivity index (χ1n) is 6.55. The fourth-order valence-corrected chi connectivity index (χ4v) is 2.25. The van der Waals surface area contributed by atoms with Crippen molar-refractivity contribution in [3.63, 3.8) is 0 Å². The van der Waals surface area contributed by atoms with Gasteiger partial charge in [-0.2, -0.15) is 0 Å². The van der Waals surface area contributed by atoms with E-state index in [0.717, 1.165) is 29.4 Å². The molecule has 0 aliphatic heterocycles. The number of aryl methyl sites for hydroxylation is 1. The van der Waals surface area contributed by atoms with Gasteiger partial charge in [-0.05, 0) is 36.8 Å². The van der Waals surface area contributed by atoms with Crippen LogP contribution in [0.3, 0.4) is 0 Å². The number of aromatic nitrogens is 3. The fourth-order valence-electron chi connectivity index (χ4n) is 2.25. The molecule has 100 valence electrons. The second-order valence-corrected chi connectivity index (χ2v) is 4.75. The van der Waals surface area contributed by atoms with Crippen LogP contribution in [0.25, 0.3) is 5.69 Å². The van der Waals surface area contributed by atoms with E-state index in [4.69, 9.17) is 5.73 Å². The number of nitrogen functional groups attached to an aromatic ring is 1. The van der Waals surface area contributed by atoms with E-state index >= 15 is 0 Å². The highest BCUT2D eigenvalue weighted by Crippen LogP contribution is 2.16. The highest BCUT2D eigenvalue weighted by Gasteiger charge is 2.10. The Morgan fingerprint density at radius 2 is 1.65 bits per heavy atom. The summed E-state index contributed by atoms with van der Waals surface area (Å²) in [5.41, 5.74) is 8.74. The largest absolute Gasteiger partial charge is 0.399 e. The molecule has 0 radical (unpaired) electrons. The molecule has 0 atom stereocenters. The van der Waals surface area contributed by atoms with E-state index in [2.05, 4.69) is 26.9 Å². The maximum atomic E-state index is 5.71. The molecule has 20 heavy (non-hydrogen) atoms. The lowest BCUT2D eigenvalue weighted by Gasteiger charge is -2.08. The molecule has 2 N–H and O–H groups in total. The van der Waals surface area contributed by atoms with Gasteiger partial charge in [0, 0.05) is 17.8 Å². The minimum Gasteiger partial charge on any atom is -0.399 e. The Morgan fingerprint density at radius 1 is 0.950 bits per heavy atom. The van der Waals surface area contributed by atoms with Gasteiger partial charge >= 0.3 is 0 Å². The van der Waals surface area contributed by atoms with Gasteiger partial charge in [0.25, 0.3) is 0 Å². The zero-order valence-electron chi connectivity index (χ0n) is 11.3. The summed E-state index contributed by atoms with van der Waals surface area (Å²) >= 11 is 0. The standard InChI is InChI=1S/C16H16N4/c1-12-18-19-16(11-13-7-9-14(17)10-8-13)20(12)15-5-3-2-4-6-15/h2-10H,11,17H2,1H3. The number of benzene rings is 2. The van der Waals surface area contributed by atoms with E-state index in [1.807, 2.05) is 49.4 Å². The van der Waals surface area contributed by atoms with Gasteiger partial charge in [0.05, 0.1) is 0 Å². The van der Waals surface area contributed by atoms with Crippen LogP contribution in [-0.2, 0) is 6.42 Å². The van der Waals surface area contributed by atoms with Crippen LogP contribution >= 0.6 is 0 Å². The van der Waals surface area contributed by atoms with Crippen molar-refractivity contribution in [3.8, 4) is 5.69 Å². The van der Waals surface area contributed by atoms with Crippen molar-refractivity contribution in [2.45, 2.75) is 13.3 Å². The Balaban J connectivity index is 1.97. The van der Waals surface area contributed by atoms with Gasteiger partial charge in [0.2, 0.25) is 0 Å². The molecular formula is C16H16N4. The Morgan fingerprint density at radius 3 is 2.35 bits per heavy atom. The van der Waals surface area contributed by atoms with Crippen molar-refractivity contribution in [3.05, 3.63) is 71.8 Å². The second kappa shape index (κ2) is 5.17. The van der Waals surface area contributed by atoms with E-state index in [9.17, 15) is 0 Å². The second-order valence-electron chi connectivity index (χ2n) is 4.75. The maximum Gasteiger partial charge on any atom is 0.142 e. The molecule has 3 rings (SSSR count). The molecule has 0 aliphatic carbocycles. The summed E-state index contributed by atoms with van der Waals surface area (Å²) in [7, 11) is 0. The number of hydrogen-bond acceptors (Lipinski definition) is 3. The van der Waals surface area contributed by atoms with Gasteiger partial charge in [0.1, 0.15) is 11.6 Å². The fraction of sp³-hybridized carbons (Fsp3) is 0.125. The normalized spacial score (nSPS) is 10.7. The average Bonchev–Trinajstić information content (AvgIpc) is 2.83. The molecule has 1 aromatic heterocycles. The average molecular weight is 264 g/mol. The van der Waals surface area contributed by atoms with Crippen molar-refractivity contribution in [1.29, 1.82) is 0 Å². The third-order valence-electron chi connectivity index (χ3n) is 3.25. The van der Waals surface area contributed by atoms with Crippen LogP contribution in [0.2, 0.25) is 0 Å². The van der Waals surface area contributed by atoms with Gasteiger partial charge in [-0.15, -0.1) is 10.2 Å². The minimum atomic E-state index is 0.732. The van der Waals surface area contributed by atoms with Gasteiger partial charge < -0.3 is 5.73 Å². The van der Waals surface area contributed by atoms with Crippen molar-refractivity contribution < 1.29 is 0 Å². The molecule has 0 amide bonds. The van der Waals surface area contributed by atoms with Crippen LogP contribution in [-0.4, -0.2) is 14.8 Å². The zero-order valence-corrected chi connectivity index (χ0v) is 11.3. The molecule has 0 saturated carbocycles. The predicted octanol–water partition coefficient (Wildman–Crippen LogP) is 2.75. The lowest BCUT2D eigenvalue weighted by molar-refractivity contribution is 0.891. The summed E-state index contributed by atoms with van der Waals surface area (Å²) < 4.78 is 2.08. The number of para-hydroxylation sites is 1. The number of nitrogens with two attached hydrogens (primary N) is 1. The summed E-state index contributed by atoms with van der Waals surface area (Å²) in [5.74, 6) is 1.82. The molecule has 4 heteroatoms. The van der Waals surface area contributed by atoms with E-state index in [-0.39, 0.29) is 0 Å². The molecule has 0 saturated heterocycles. The minimum absolute atomic E-state index is 0.732. The lowest BCUT2D eigenvalue weighted by atomic mass is 10.1. The Kier molecular flexibility index (Phi) is 3.21. The molecule has 1 heterocycles. The predicted molar refractivity (Wildman–Crippen MR) is 79.8 cm³/mol. The van der Waals surface area contributed by atoms with E-state index in [1.165, 1.54) is 5.56 Å². The molecule has 4 nitrogen and oxygen atoms in total. The van der Waals surface area contributed by atoms with Crippen LogP contribution in [0.5, 0.6) is 0 Å². The Hall–Kier alpha value is -2.62. The van der Waals surface area contributed by atoms with Crippen LogP contribution in [0.4, 0.5) is 5.69 Å². The van der Waals surface area contributed by atoms with Crippen molar-refractivity contribution in [1.82, 2.24) is 14.8 Å². The molecule has 0 unspecified atom stereocenters. The summed E-state index contributed by atoms with van der Waals surface area (Å²) in [5, 5.41) is 8.49. The molecule has 0 aliphatic rings. The van der Waals surface area contributed by atoms with E-state index in [0.29, 0.717) is 0 Å². The third kappa shape index (κ3) is 2.40. The quantitative estimate of drug-likeness (QED) is 0.740. The van der Waals surface area contributed by atoms with Crippen LogP contribution in [0.15, 0.2) is 54.6 Å². The highest BCUT2D eigenvalue weighted by atomic mass is 15.3. The van der Waals surface area contributed by atoms with Crippen molar-refractivity contribution >= 4 is 5.69 Å². The Bertz CT molecular complexity index is 699. The van der Waals surface area contributed by atoms with Crippen LogP contribution < -0.4 is 5.73 Å². The van der Waals surface area contributed by atoms with Gasteiger partial charge in [0.15, 0.2) is 0 Å². The molecule has 2 aromatic carbocycles. The lowest BCUT2D eigenvalue weighted by Crippen LogP contribution is -2.04. The highest BCUT2D eigenvalue weighted by molar-refractivity contribution is 5.40. The smallest absolute Gasteiger partial charge is 0.142 e. The monoisotopic (exact) mass is 264 g/mol. The van der Waals surface area contributed by atoms with Gasteiger partial charge in [-0.25, -0.2) is 0 Å². The maximum absolute atomic E-state index is 5.71. The van der Waals surface area contributed by atoms with Crippen molar-refractivity contribution in [2.24, 2.45) is 0 Å². The van der Waals surface area contributed by atoms with Gasteiger partial charge in [-0.1, -0.05) is 30.3 Å². The Labute approximate surface area is 117 Å². The molecule has 0 spiro atoms. The first kappa shape index (κ1) is 12.4. The zero-order chi connectivity index (χ0) is 13.9. The summed E-state index contributed by atoms with van der Waals surface area (Å²) in [6, 6.07) is 18.0.